The number of nitrogens with one attached hydrogen (secondary N) is 1. The summed E-state index contributed by atoms with van der Waals surface area (Å²) < 4.78 is 4.45. The minimum Gasteiger partial charge on any atom is -0.467 e. The highest BCUT2D eigenvalue weighted by Crippen LogP contribution is 2.06. The Morgan fingerprint density at radius 2 is 2.36 bits per heavy atom. The fourth-order valence-corrected chi connectivity index (χ4v) is 0.745. The average Bonchev–Trinajstić information content (AvgIpc) is 2.03. The van der Waals surface area contributed by atoms with E-state index in [4.69, 9.17) is 0 Å². The van der Waals surface area contributed by atoms with Gasteiger partial charge >= 0.3 is 5.97 Å². The lowest BCUT2D eigenvalue weighted by Gasteiger charge is -2.22. The summed E-state index contributed by atoms with van der Waals surface area (Å²) in [5.74, 6) is -0.294. The molecule has 1 amide bonds. The molecule has 5 heteroatoms. The Morgan fingerprint density at radius 1 is 1.82 bits per heavy atom. The van der Waals surface area contributed by atoms with Crippen LogP contribution >= 0.6 is 12.6 Å². The Balaban J connectivity index is 4.31. The number of carbonyl (C=O) groups excluding carboxylic acids is 2. The van der Waals surface area contributed by atoms with Crippen LogP contribution in [0.2, 0.25) is 0 Å². The van der Waals surface area contributed by atoms with Gasteiger partial charge in [-0.1, -0.05) is 0 Å². The molecule has 0 spiro atoms. The first kappa shape index (κ1) is 10.3. The molecule has 0 aliphatic heterocycles. The predicted octanol–water partition coefficient (Wildman–Crippen LogP) is -0.406. The van der Waals surface area contributed by atoms with Crippen molar-refractivity contribution in [3.05, 3.63) is 0 Å². The number of amides is 1. The number of carbonyl (C=O) groups is 2. The molecule has 0 radical (unpaired) electrons. The number of rotatable bonds is 4. The summed E-state index contributed by atoms with van der Waals surface area (Å²) in [7, 11) is 1.26. The average molecular weight is 177 g/mol. The molecule has 0 rings (SSSR count). The lowest BCUT2D eigenvalue weighted by molar-refractivity contribution is -0.147. The molecule has 1 N–H and O–H groups in total. The van der Waals surface area contributed by atoms with Crippen molar-refractivity contribution in [2.24, 2.45) is 0 Å². The Hall–Kier alpha value is -0.710. The molecule has 4 nitrogen and oxygen atoms in total. The third-order valence-corrected chi connectivity index (χ3v) is 1.96. The van der Waals surface area contributed by atoms with Crippen molar-refractivity contribution in [1.29, 1.82) is 0 Å². The van der Waals surface area contributed by atoms with E-state index >= 15 is 0 Å². The van der Waals surface area contributed by atoms with E-state index in [2.05, 4.69) is 22.7 Å². The summed E-state index contributed by atoms with van der Waals surface area (Å²) in [6.45, 7) is 1.54. The zero-order chi connectivity index (χ0) is 8.91. The third-order valence-electron chi connectivity index (χ3n) is 1.33. The zero-order valence-corrected chi connectivity index (χ0v) is 7.35. The van der Waals surface area contributed by atoms with Gasteiger partial charge in [0.25, 0.3) is 0 Å². The first-order valence-corrected chi connectivity index (χ1v) is 3.64. The molecular weight excluding hydrogens is 166 g/mol. The fraction of sp³-hybridized carbons (Fsp3) is 0.667. The van der Waals surface area contributed by atoms with Gasteiger partial charge in [-0.05, 0) is 6.92 Å². The molecule has 0 unspecified atom stereocenters. The van der Waals surface area contributed by atoms with Crippen molar-refractivity contribution in [2.75, 3.05) is 12.9 Å². The van der Waals surface area contributed by atoms with Gasteiger partial charge in [0, 0.05) is 5.75 Å². The molecule has 64 valence electrons. The SMILES string of the molecule is COC(=O)[C@](C)(CS)NC=O. The van der Waals surface area contributed by atoms with Gasteiger partial charge in [0.2, 0.25) is 6.41 Å². The summed E-state index contributed by atoms with van der Waals surface area (Å²) in [6, 6.07) is 0. The van der Waals surface area contributed by atoms with Crippen molar-refractivity contribution < 1.29 is 14.3 Å². The summed E-state index contributed by atoms with van der Waals surface area (Å²) in [4.78, 5) is 21.0. The first-order chi connectivity index (χ1) is 5.10. The number of hydrogen-bond acceptors (Lipinski definition) is 4. The quantitative estimate of drug-likeness (QED) is 0.349. The van der Waals surface area contributed by atoms with Crippen LogP contribution in [0.25, 0.3) is 0 Å². The van der Waals surface area contributed by atoms with E-state index in [1.54, 1.807) is 6.92 Å². The van der Waals surface area contributed by atoms with Gasteiger partial charge in [-0.15, -0.1) is 0 Å². The molecule has 0 aromatic carbocycles. The van der Waals surface area contributed by atoms with Crippen molar-refractivity contribution >= 4 is 25.0 Å². The second kappa shape index (κ2) is 4.23. The molecule has 0 saturated carbocycles. The molecule has 0 heterocycles. The second-order valence-corrected chi connectivity index (χ2v) is 2.56. The molecule has 0 aliphatic carbocycles. The van der Waals surface area contributed by atoms with Gasteiger partial charge in [-0.2, -0.15) is 12.6 Å². The summed E-state index contributed by atoms with van der Waals surface area (Å²) in [6.07, 6.45) is 0.452. The Kier molecular flexibility index (Phi) is 3.95. The van der Waals surface area contributed by atoms with Gasteiger partial charge in [-0.25, -0.2) is 4.79 Å². The van der Waals surface area contributed by atoms with Gasteiger partial charge in [0.1, 0.15) is 5.54 Å². The highest BCUT2D eigenvalue weighted by Gasteiger charge is 2.31. The lowest BCUT2D eigenvalue weighted by Crippen LogP contribution is -2.51. The van der Waals surface area contributed by atoms with E-state index in [0.29, 0.717) is 6.41 Å². The number of esters is 1. The number of thiol groups is 1. The Morgan fingerprint density at radius 3 is 2.64 bits per heavy atom. The van der Waals surface area contributed by atoms with Crippen molar-refractivity contribution in [3.8, 4) is 0 Å². The van der Waals surface area contributed by atoms with E-state index in [-0.39, 0.29) is 5.75 Å². The summed E-state index contributed by atoms with van der Waals surface area (Å²) in [5.41, 5.74) is -1.01. The van der Waals surface area contributed by atoms with Crippen LogP contribution in [-0.4, -0.2) is 30.8 Å². The smallest absolute Gasteiger partial charge is 0.332 e. The minimum absolute atomic E-state index is 0.207. The zero-order valence-electron chi connectivity index (χ0n) is 6.46. The van der Waals surface area contributed by atoms with Crippen molar-refractivity contribution in [2.45, 2.75) is 12.5 Å². The van der Waals surface area contributed by atoms with Crippen LogP contribution < -0.4 is 5.32 Å². The van der Waals surface area contributed by atoms with Gasteiger partial charge in [0.05, 0.1) is 7.11 Å². The minimum atomic E-state index is -1.01. The van der Waals surface area contributed by atoms with Crippen LogP contribution in [-0.2, 0) is 14.3 Å². The molecule has 1 atom stereocenters. The third kappa shape index (κ3) is 2.42. The molecule has 11 heavy (non-hydrogen) atoms. The molecule has 0 saturated heterocycles. The fourth-order valence-electron chi connectivity index (χ4n) is 0.524. The van der Waals surface area contributed by atoms with Crippen LogP contribution in [0.4, 0.5) is 0 Å². The van der Waals surface area contributed by atoms with E-state index in [1.807, 2.05) is 0 Å². The van der Waals surface area contributed by atoms with Crippen molar-refractivity contribution in [1.82, 2.24) is 5.32 Å². The normalized spacial score (nSPS) is 14.8. The molecular formula is C6H11NO3S. The van der Waals surface area contributed by atoms with E-state index in [1.165, 1.54) is 7.11 Å². The molecule has 0 fully saturated rings. The van der Waals surface area contributed by atoms with Gasteiger partial charge < -0.3 is 10.1 Å². The number of ether oxygens (including phenoxy) is 1. The van der Waals surface area contributed by atoms with Crippen LogP contribution in [0.3, 0.4) is 0 Å². The van der Waals surface area contributed by atoms with Crippen LogP contribution in [0, 0.1) is 0 Å². The topological polar surface area (TPSA) is 55.4 Å². The first-order valence-electron chi connectivity index (χ1n) is 3.01. The Bertz CT molecular complexity index is 162. The maximum Gasteiger partial charge on any atom is 0.332 e. The largest absolute Gasteiger partial charge is 0.467 e. The highest BCUT2D eigenvalue weighted by molar-refractivity contribution is 7.80. The molecule has 0 aromatic heterocycles. The molecule has 0 aliphatic rings. The van der Waals surface area contributed by atoms with Crippen LogP contribution in [0.5, 0.6) is 0 Å². The molecule has 0 aromatic rings. The van der Waals surface area contributed by atoms with E-state index in [0.717, 1.165) is 0 Å². The highest BCUT2D eigenvalue weighted by atomic mass is 32.1. The maximum absolute atomic E-state index is 11.0. The monoisotopic (exact) mass is 177 g/mol. The summed E-state index contributed by atoms with van der Waals surface area (Å²) in [5, 5.41) is 2.33. The second-order valence-electron chi connectivity index (χ2n) is 2.24. The van der Waals surface area contributed by atoms with E-state index < -0.39 is 11.5 Å². The Labute approximate surface area is 70.7 Å². The maximum atomic E-state index is 11.0. The predicted molar refractivity (Wildman–Crippen MR) is 43.5 cm³/mol. The van der Waals surface area contributed by atoms with Gasteiger partial charge in [0.15, 0.2) is 0 Å². The molecule has 0 bridgehead atoms. The summed E-state index contributed by atoms with van der Waals surface area (Å²) >= 11 is 3.91. The standard InChI is InChI=1S/C6H11NO3S/c1-6(3-11,7-4-8)5(9)10-2/h4,11H,3H2,1-2H3,(H,7,8)/t6-/m0/s1. The van der Waals surface area contributed by atoms with Gasteiger partial charge in [-0.3, -0.25) is 4.79 Å². The number of methoxy groups -OCH3 is 1. The lowest BCUT2D eigenvalue weighted by atomic mass is 10.1. The van der Waals surface area contributed by atoms with Crippen LogP contribution in [0.15, 0.2) is 0 Å². The van der Waals surface area contributed by atoms with E-state index in [9.17, 15) is 9.59 Å². The van der Waals surface area contributed by atoms with Crippen molar-refractivity contribution in [3.63, 3.8) is 0 Å². The van der Waals surface area contributed by atoms with Crippen LogP contribution in [0.1, 0.15) is 6.92 Å². The number of hydrogen-bond donors (Lipinski definition) is 2.